The highest BCUT2D eigenvalue weighted by molar-refractivity contribution is 6.31. The highest BCUT2D eigenvalue weighted by Gasteiger charge is 2.31. The number of benzene rings is 3. The second-order valence-electron chi connectivity index (χ2n) is 8.70. The van der Waals surface area contributed by atoms with Crippen LogP contribution in [0.1, 0.15) is 49.0 Å². The van der Waals surface area contributed by atoms with E-state index in [1.54, 1.807) is 31.2 Å². The van der Waals surface area contributed by atoms with Crippen molar-refractivity contribution in [2.45, 2.75) is 52.1 Å². The van der Waals surface area contributed by atoms with Gasteiger partial charge in [-0.3, -0.25) is 4.79 Å². The van der Waals surface area contributed by atoms with E-state index in [4.69, 9.17) is 16.3 Å². The molecule has 0 fully saturated rings. The lowest BCUT2D eigenvalue weighted by atomic mass is 9.95. The Morgan fingerprint density at radius 2 is 1.76 bits per heavy atom. The number of carbonyl (C=O) groups excluding carboxylic acids is 1. The smallest absolute Gasteiger partial charge is 0.487 e. The van der Waals surface area contributed by atoms with E-state index in [0.29, 0.717) is 22.4 Å². The molecule has 3 rings (SSSR count). The molecule has 3 aromatic rings. The topological polar surface area (TPSA) is 84.9 Å². The maximum atomic E-state index is 13.3. The van der Waals surface area contributed by atoms with Gasteiger partial charge in [-0.25, -0.2) is 4.79 Å². The van der Waals surface area contributed by atoms with Gasteiger partial charge in [0.05, 0.1) is 5.56 Å². The van der Waals surface area contributed by atoms with Crippen molar-refractivity contribution in [3.05, 3.63) is 70.7 Å². The molecule has 3 aromatic carbocycles. The van der Waals surface area contributed by atoms with E-state index >= 15 is 0 Å². The minimum atomic E-state index is -4.80. The molecule has 0 aliphatic rings. The zero-order valence-electron chi connectivity index (χ0n) is 20.3. The monoisotopic (exact) mass is 537 g/mol. The number of nitrogens with one attached hydrogen (secondary N) is 1. The summed E-state index contributed by atoms with van der Waals surface area (Å²) in [5.41, 5.74) is 0.636. The molecule has 2 unspecified atom stereocenters. The second-order valence-corrected chi connectivity index (χ2v) is 9.13. The van der Waals surface area contributed by atoms with E-state index in [0.717, 1.165) is 30.4 Å². The quantitative estimate of drug-likeness (QED) is 0.275. The number of fused-ring (bicyclic) bond motifs is 1. The van der Waals surface area contributed by atoms with Crippen molar-refractivity contribution in [3.8, 4) is 11.5 Å². The first-order chi connectivity index (χ1) is 17.5. The van der Waals surface area contributed by atoms with Crippen LogP contribution in [0, 0.1) is 5.92 Å². The zero-order chi connectivity index (χ0) is 27.2. The molecule has 0 saturated heterocycles. The molecule has 0 spiro atoms. The van der Waals surface area contributed by atoms with E-state index in [1.807, 2.05) is 6.92 Å². The Morgan fingerprint density at radius 3 is 2.38 bits per heavy atom. The maximum absolute atomic E-state index is 13.3. The van der Waals surface area contributed by atoms with E-state index in [2.05, 4.69) is 10.1 Å². The van der Waals surface area contributed by atoms with Crippen LogP contribution in [0.15, 0.2) is 54.6 Å². The van der Waals surface area contributed by atoms with Crippen LogP contribution in [0.4, 0.5) is 13.2 Å². The lowest BCUT2D eigenvalue weighted by molar-refractivity contribution is -0.274. The van der Waals surface area contributed by atoms with Crippen LogP contribution < -0.4 is 14.8 Å². The van der Waals surface area contributed by atoms with Gasteiger partial charge in [-0.15, -0.1) is 13.2 Å². The molecule has 0 saturated carbocycles. The average molecular weight is 538 g/mol. The number of hydrogen-bond donors (Lipinski definition) is 2. The molecule has 0 aromatic heterocycles. The third-order valence-corrected chi connectivity index (χ3v) is 6.09. The summed E-state index contributed by atoms with van der Waals surface area (Å²) < 4.78 is 47.2. The summed E-state index contributed by atoms with van der Waals surface area (Å²) in [5.74, 6) is -2.24. The Hall–Kier alpha value is -3.46. The van der Waals surface area contributed by atoms with Crippen LogP contribution in [-0.2, 0) is 11.4 Å². The van der Waals surface area contributed by atoms with Crippen LogP contribution in [0.25, 0.3) is 10.8 Å². The second kappa shape index (κ2) is 12.2. The van der Waals surface area contributed by atoms with Crippen LogP contribution in [0.2, 0.25) is 5.02 Å². The summed E-state index contributed by atoms with van der Waals surface area (Å²) in [5, 5.41) is 14.0. The predicted molar refractivity (Wildman–Crippen MR) is 134 cm³/mol. The molecule has 2 atom stereocenters. The fraction of sp³-hybridized carbons (Fsp3) is 0.333. The lowest BCUT2D eigenvalue weighted by Crippen LogP contribution is -2.45. The molecule has 37 heavy (non-hydrogen) atoms. The highest BCUT2D eigenvalue weighted by atomic mass is 35.5. The number of ether oxygens (including phenoxy) is 2. The number of hydrogen-bond acceptors (Lipinski definition) is 4. The molecular weight excluding hydrogens is 511 g/mol. The molecule has 0 aliphatic heterocycles. The van der Waals surface area contributed by atoms with E-state index in [1.165, 1.54) is 18.2 Å². The van der Waals surface area contributed by atoms with Gasteiger partial charge in [-0.05, 0) is 53.6 Å². The van der Waals surface area contributed by atoms with Gasteiger partial charge in [0.2, 0.25) is 0 Å². The van der Waals surface area contributed by atoms with Crippen molar-refractivity contribution in [1.29, 1.82) is 0 Å². The number of carboxylic acids is 1. The lowest BCUT2D eigenvalue weighted by Gasteiger charge is -2.22. The molecule has 1 amide bonds. The van der Waals surface area contributed by atoms with E-state index in [9.17, 15) is 27.9 Å². The standard InChI is InChI=1S/C27H27ClF3NO5/c1-3-4-5-16(2)23(26(34)35)32-25(33)21-13-9-18-8-10-19(28)14-22(18)24(21)36-15-17-6-11-20(12-7-17)37-27(29,30)31/h6-14,16,23H,3-5,15H2,1-2H3,(H,32,33)(H,34,35). The minimum Gasteiger partial charge on any atom is -0.487 e. The fourth-order valence-corrected chi connectivity index (χ4v) is 4.07. The van der Waals surface area contributed by atoms with Crippen LogP contribution in [0.3, 0.4) is 0 Å². The number of unbranched alkanes of at least 4 members (excludes halogenated alkanes) is 1. The van der Waals surface area contributed by atoms with Crippen molar-refractivity contribution in [2.24, 2.45) is 5.92 Å². The average Bonchev–Trinajstić information content (AvgIpc) is 2.83. The third-order valence-electron chi connectivity index (χ3n) is 5.85. The molecule has 10 heteroatoms. The zero-order valence-corrected chi connectivity index (χ0v) is 21.0. The van der Waals surface area contributed by atoms with Crippen molar-refractivity contribution in [2.75, 3.05) is 0 Å². The first-order valence-electron chi connectivity index (χ1n) is 11.7. The minimum absolute atomic E-state index is 0.0759. The Labute approximate surface area is 217 Å². The summed E-state index contributed by atoms with van der Waals surface area (Å²) in [6, 6.07) is 12.4. The van der Waals surface area contributed by atoms with Crippen LogP contribution in [-0.4, -0.2) is 29.4 Å². The van der Waals surface area contributed by atoms with Gasteiger partial charge in [0.1, 0.15) is 24.1 Å². The highest BCUT2D eigenvalue weighted by Crippen LogP contribution is 2.33. The van der Waals surface area contributed by atoms with E-state index < -0.39 is 24.3 Å². The summed E-state index contributed by atoms with van der Waals surface area (Å²) in [6.45, 7) is 3.70. The number of alkyl halides is 3. The Balaban J connectivity index is 1.90. The van der Waals surface area contributed by atoms with Crippen molar-refractivity contribution in [1.82, 2.24) is 5.32 Å². The summed E-state index contributed by atoms with van der Waals surface area (Å²) >= 11 is 6.19. The van der Waals surface area contributed by atoms with Gasteiger partial charge in [0.15, 0.2) is 0 Å². The molecule has 0 radical (unpaired) electrons. The van der Waals surface area contributed by atoms with Gasteiger partial charge in [-0.2, -0.15) is 0 Å². The van der Waals surface area contributed by atoms with Gasteiger partial charge >= 0.3 is 12.3 Å². The van der Waals surface area contributed by atoms with Crippen LogP contribution >= 0.6 is 11.6 Å². The Bertz CT molecular complexity index is 1250. The molecule has 2 N–H and O–H groups in total. The van der Waals surface area contributed by atoms with Gasteiger partial charge in [0.25, 0.3) is 5.91 Å². The van der Waals surface area contributed by atoms with Crippen molar-refractivity contribution < 1.29 is 37.3 Å². The van der Waals surface area contributed by atoms with E-state index in [-0.39, 0.29) is 29.6 Å². The Morgan fingerprint density at radius 1 is 1.08 bits per heavy atom. The molecule has 0 heterocycles. The van der Waals surface area contributed by atoms with Crippen LogP contribution in [0.5, 0.6) is 11.5 Å². The first kappa shape index (κ1) is 28.1. The summed E-state index contributed by atoms with van der Waals surface area (Å²) in [6.07, 6.45) is -2.43. The predicted octanol–water partition coefficient (Wildman–Crippen LogP) is 6.98. The van der Waals surface area contributed by atoms with Gasteiger partial charge in [0, 0.05) is 10.4 Å². The molecule has 0 bridgehead atoms. The number of carboxylic acid groups (broad SMARTS) is 1. The van der Waals surface area contributed by atoms with Gasteiger partial charge < -0.3 is 19.9 Å². The number of rotatable bonds is 11. The van der Waals surface area contributed by atoms with Crippen molar-refractivity contribution >= 4 is 34.2 Å². The molecule has 0 aliphatic carbocycles. The van der Waals surface area contributed by atoms with Crippen molar-refractivity contribution in [3.63, 3.8) is 0 Å². The molecular formula is C27H27ClF3NO5. The largest absolute Gasteiger partial charge is 0.573 e. The fourth-order valence-electron chi connectivity index (χ4n) is 3.90. The maximum Gasteiger partial charge on any atom is 0.573 e. The number of amides is 1. The summed E-state index contributed by atoms with van der Waals surface area (Å²) in [4.78, 5) is 25.2. The van der Waals surface area contributed by atoms with Gasteiger partial charge in [-0.1, -0.05) is 62.6 Å². The first-order valence-corrected chi connectivity index (χ1v) is 12.1. The Kier molecular flexibility index (Phi) is 9.26. The SMILES string of the molecule is CCCCC(C)C(NC(=O)c1ccc2ccc(Cl)cc2c1OCc1ccc(OC(F)(F)F)cc1)C(=O)O. The number of aliphatic carboxylic acids is 1. The number of carbonyl (C=O) groups is 2. The summed E-state index contributed by atoms with van der Waals surface area (Å²) in [7, 11) is 0. The molecule has 198 valence electrons. The normalized spacial score (nSPS) is 13.1. The molecule has 6 nitrogen and oxygen atoms in total. The third kappa shape index (κ3) is 7.76. The number of halogens is 4.